The van der Waals surface area contributed by atoms with Gasteiger partial charge in [0.1, 0.15) is 12.1 Å². The fraction of sp³-hybridized carbons (Fsp3) is 0.600. The second-order valence-electron chi connectivity index (χ2n) is 7.12. The van der Waals surface area contributed by atoms with Crippen LogP contribution in [0.1, 0.15) is 44.1 Å². The van der Waals surface area contributed by atoms with Gasteiger partial charge in [-0.05, 0) is 17.9 Å². The van der Waals surface area contributed by atoms with Gasteiger partial charge in [-0.3, -0.25) is 4.79 Å². The molecule has 0 heterocycles. The number of nitrogens with one attached hydrogen (secondary N) is 1. The van der Waals surface area contributed by atoms with Gasteiger partial charge < -0.3 is 20.9 Å². The van der Waals surface area contributed by atoms with Crippen LogP contribution >= 0.6 is 12.4 Å². The number of ether oxygens (including phenoxy) is 1. The van der Waals surface area contributed by atoms with Crippen molar-refractivity contribution in [1.82, 2.24) is 5.32 Å². The Morgan fingerprint density at radius 1 is 1.22 bits per heavy atom. The number of carbonyl (C=O) groups excluding carboxylic acids is 2. The molecule has 1 aromatic rings. The summed E-state index contributed by atoms with van der Waals surface area (Å²) >= 11 is 0. The molecular weight excluding hydrogens is 368 g/mol. The van der Waals surface area contributed by atoms with Crippen LogP contribution in [-0.4, -0.2) is 42.3 Å². The van der Waals surface area contributed by atoms with Crippen molar-refractivity contribution in [2.45, 2.75) is 63.1 Å². The number of amides is 1. The van der Waals surface area contributed by atoms with Gasteiger partial charge >= 0.3 is 5.97 Å². The summed E-state index contributed by atoms with van der Waals surface area (Å²) in [6.07, 6.45) is 5.39. The number of nitrogens with two attached hydrogens (primary N) is 1. The normalized spacial score (nSPS) is 17.9. The molecule has 0 aliphatic heterocycles. The van der Waals surface area contributed by atoms with Gasteiger partial charge in [0.2, 0.25) is 0 Å². The number of aliphatic hydroxyl groups excluding tert-OH is 1. The third-order valence-corrected chi connectivity index (χ3v) is 5.09. The molecule has 0 bridgehead atoms. The molecule has 27 heavy (non-hydrogen) atoms. The lowest BCUT2D eigenvalue weighted by atomic mass is 9.84. The number of hydrogen-bond donors (Lipinski definition) is 3. The van der Waals surface area contributed by atoms with E-state index in [1.807, 2.05) is 30.3 Å². The van der Waals surface area contributed by atoms with Gasteiger partial charge in [0.25, 0.3) is 5.91 Å². The van der Waals surface area contributed by atoms with Crippen molar-refractivity contribution in [1.29, 1.82) is 0 Å². The molecule has 1 saturated carbocycles. The maximum atomic E-state index is 12.4. The minimum absolute atomic E-state index is 0. The number of carbonyl (C=O) groups is 2. The third-order valence-electron chi connectivity index (χ3n) is 5.09. The average Bonchev–Trinajstić information content (AvgIpc) is 2.67. The maximum Gasteiger partial charge on any atom is 0.328 e. The van der Waals surface area contributed by atoms with Crippen LogP contribution < -0.4 is 11.1 Å². The summed E-state index contributed by atoms with van der Waals surface area (Å²) in [5.74, 6) is -0.711. The van der Waals surface area contributed by atoms with Gasteiger partial charge in [-0.15, -0.1) is 12.4 Å². The molecule has 1 aliphatic carbocycles. The molecule has 6 nitrogen and oxygen atoms in total. The second-order valence-corrected chi connectivity index (χ2v) is 7.12. The smallest absolute Gasteiger partial charge is 0.328 e. The van der Waals surface area contributed by atoms with E-state index in [0.29, 0.717) is 18.8 Å². The van der Waals surface area contributed by atoms with Gasteiger partial charge in [-0.2, -0.15) is 0 Å². The van der Waals surface area contributed by atoms with Crippen molar-refractivity contribution >= 4 is 24.3 Å². The van der Waals surface area contributed by atoms with Gasteiger partial charge in [0, 0.05) is 12.5 Å². The molecule has 3 atom stereocenters. The Morgan fingerprint density at radius 3 is 2.44 bits per heavy atom. The average molecular weight is 399 g/mol. The largest absolute Gasteiger partial charge is 0.467 e. The van der Waals surface area contributed by atoms with Crippen molar-refractivity contribution in [3.8, 4) is 0 Å². The molecule has 2 unspecified atom stereocenters. The number of benzene rings is 1. The summed E-state index contributed by atoms with van der Waals surface area (Å²) in [5.41, 5.74) is 6.95. The van der Waals surface area contributed by atoms with Crippen LogP contribution in [0.2, 0.25) is 0 Å². The highest BCUT2D eigenvalue weighted by Gasteiger charge is 2.30. The first kappa shape index (κ1) is 23.4. The van der Waals surface area contributed by atoms with Crippen molar-refractivity contribution < 1.29 is 19.4 Å². The van der Waals surface area contributed by atoms with E-state index < -0.39 is 30.1 Å². The predicted molar refractivity (Wildman–Crippen MR) is 107 cm³/mol. The van der Waals surface area contributed by atoms with Crippen LogP contribution in [0.3, 0.4) is 0 Å². The first-order chi connectivity index (χ1) is 12.5. The number of rotatable bonds is 8. The van der Waals surface area contributed by atoms with E-state index in [0.717, 1.165) is 18.4 Å². The van der Waals surface area contributed by atoms with Gasteiger partial charge in [0.15, 0.2) is 0 Å². The summed E-state index contributed by atoms with van der Waals surface area (Å²) in [6, 6.07) is 7.85. The standard InChI is InChI=1S/C20H30N2O4.ClH/c1-26-20(25)17(13-15-10-6-3-7-11-15)22-19(24)18(23)16(21)12-14-8-4-2-5-9-14;/h3,6-7,10-11,14,16-18,23H,2,4-5,8-9,12-13,21H2,1H3,(H,22,24);1H/t16-,17?,18?;/m1./s1. The van der Waals surface area contributed by atoms with Crippen LogP contribution in [0.15, 0.2) is 30.3 Å². The summed E-state index contributed by atoms with van der Waals surface area (Å²) < 4.78 is 4.78. The molecule has 1 aliphatic rings. The number of esters is 1. The summed E-state index contributed by atoms with van der Waals surface area (Å²) in [6.45, 7) is 0. The Kier molecular flexibility index (Phi) is 10.4. The van der Waals surface area contributed by atoms with Crippen molar-refractivity contribution in [3.63, 3.8) is 0 Å². The molecule has 1 amide bonds. The lowest BCUT2D eigenvalue weighted by Crippen LogP contribution is -2.52. The van der Waals surface area contributed by atoms with E-state index in [-0.39, 0.29) is 12.4 Å². The highest BCUT2D eigenvalue weighted by molar-refractivity contribution is 5.87. The quantitative estimate of drug-likeness (QED) is 0.581. The van der Waals surface area contributed by atoms with Gasteiger partial charge in [0.05, 0.1) is 7.11 Å². The Labute approximate surface area is 167 Å². The molecule has 0 radical (unpaired) electrons. The predicted octanol–water partition coefficient (Wildman–Crippen LogP) is 1.97. The topological polar surface area (TPSA) is 102 Å². The molecule has 0 saturated heterocycles. The fourth-order valence-electron chi connectivity index (χ4n) is 3.57. The van der Waals surface area contributed by atoms with E-state index in [1.54, 1.807) is 0 Å². The van der Waals surface area contributed by atoms with E-state index in [9.17, 15) is 14.7 Å². The monoisotopic (exact) mass is 398 g/mol. The lowest BCUT2D eigenvalue weighted by molar-refractivity contribution is -0.146. The highest BCUT2D eigenvalue weighted by atomic mass is 35.5. The first-order valence-electron chi connectivity index (χ1n) is 9.37. The Balaban J connectivity index is 0.00000364. The molecule has 0 aromatic heterocycles. The molecule has 0 spiro atoms. The molecule has 7 heteroatoms. The zero-order valence-electron chi connectivity index (χ0n) is 15.8. The lowest BCUT2D eigenvalue weighted by Gasteiger charge is -2.27. The Bertz CT molecular complexity index is 579. The van der Waals surface area contributed by atoms with Crippen molar-refractivity contribution in [2.75, 3.05) is 7.11 Å². The van der Waals surface area contributed by atoms with Crippen molar-refractivity contribution in [2.24, 2.45) is 11.7 Å². The zero-order chi connectivity index (χ0) is 18.9. The third kappa shape index (κ3) is 7.48. The fourth-order valence-corrected chi connectivity index (χ4v) is 3.57. The number of halogens is 1. The van der Waals surface area contributed by atoms with Gasteiger partial charge in [-0.1, -0.05) is 62.4 Å². The highest BCUT2D eigenvalue weighted by Crippen LogP contribution is 2.27. The second kappa shape index (κ2) is 12.0. The van der Waals surface area contributed by atoms with Crippen LogP contribution in [-0.2, 0) is 20.7 Å². The summed E-state index contributed by atoms with van der Waals surface area (Å²) in [7, 11) is 1.28. The Hall–Kier alpha value is -1.63. The van der Waals surface area contributed by atoms with Crippen LogP contribution in [0.5, 0.6) is 0 Å². The summed E-state index contributed by atoms with van der Waals surface area (Å²) in [5, 5.41) is 12.9. The van der Waals surface area contributed by atoms with Crippen LogP contribution in [0.25, 0.3) is 0 Å². The molecule has 2 rings (SSSR count). The number of hydrogen-bond acceptors (Lipinski definition) is 5. The number of methoxy groups -OCH3 is 1. The van der Waals surface area contributed by atoms with Crippen LogP contribution in [0, 0.1) is 5.92 Å². The first-order valence-corrected chi connectivity index (χ1v) is 9.37. The van der Waals surface area contributed by atoms with E-state index in [2.05, 4.69) is 5.32 Å². The Morgan fingerprint density at radius 2 is 1.85 bits per heavy atom. The van der Waals surface area contributed by atoms with Crippen LogP contribution in [0.4, 0.5) is 0 Å². The zero-order valence-corrected chi connectivity index (χ0v) is 16.6. The molecule has 4 N–H and O–H groups in total. The minimum atomic E-state index is -1.33. The molecule has 1 fully saturated rings. The summed E-state index contributed by atoms with van der Waals surface area (Å²) in [4.78, 5) is 24.4. The van der Waals surface area contributed by atoms with E-state index >= 15 is 0 Å². The minimum Gasteiger partial charge on any atom is -0.467 e. The molecule has 1 aromatic carbocycles. The van der Waals surface area contributed by atoms with Gasteiger partial charge in [-0.25, -0.2) is 4.79 Å². The molecule has 152 valence electrons. The maximum absolute atomic E-state index is 12.4. The van der Waals surface area contributed by atoms with E-state index in [1.165, 1.54) is 26.4 Å². The number of aliphatic hydroxyl groups is 1. The van der Waals surface area contributed by atoms with E-state index in [4.69, 9.17) is 10.5 Å². The van der Waals surface area contributed by atoms with Crippen molar-refractivity contribution in [3.05, 3.63) is 35.9 Å². The molecular formula is C20H31ClN2O4. The SMILES string of the molecule is COC(=O)C(Cc1ccccc1)NC(=O)C(O)[C@H](N)CC1CCCCC1.Cl.